The van der Waals surface area contributed by atoms with Crippen LogP contribution in [0.5, 0.6) is 0 Å². The Labute approximate surface area is 152 Å². The van der Waals surface area contributed by atoms with E-state index in [9.17, 15) is 4.39 Å². The first-order valence-electron chi connectivity index (χ1n) is 7.19. The van der Waals surface area contributed by atoms with Gasteiger partial charge in [0.1, 0.15) is 0 Å². The molecule has 0 amide bonds. The van der Waals surface area contributed by atoms with E-state index >= 15 is 0 Å². The molecule has 0 aliphatic heterocycles. The Balaban J connectivity index is 0.00000161. The topological polar surface area (TPSA) is 0 Å². The van der Waals surface area contributed by atoms with Crippen molar-refractivity contribution in [3.8, 4) is 0 Å². The molecule has 1 aliphatic carbocycles. The van der Waals surface area contributed by atoms with Gasteiger partial charge in [-0.1, -0.05) is 54.3 Å². The second-order valence-electron chi connectivity index (χ2n) is 5.60. The van der Waals surface area contributed by atoms with Crippen molar-refractivity contribution in [1.29, 1.82) is 0 Å². The maximum atomic E-state index is 13.5. The zero-order valence-corrected chi connectivity index (χ0v) is 15.4. The molecule has 0 fully saturated rings. The predicted molar refractivity (Wildman–Crippen MR) is 80.9 cm³/mol. The van der Waals surface area contributed by atoms with E-state index in [4.69, 9.17) is 0 Å². The standard InChI is InChI=1S/C19H19F.Y/c1-3-13(2)19-12-16-11-17(20)9-8-14(16)10-15-6-4-5-7-18(15)19;/h3-9,11-13,19H,10H2,1-2H3;/q-2;. The predicted octanol–water partition coefficient (Wildman–Crippen LogP) is 4.92. The zero-order valence-electron chi connectivity index (χ0n) is 12.5. The molecule has 2 heteroatoms. The average Bonchev–Trinajstić information content (AvgIpc) is 2.63. The van der Waals surface area contributed by atoms with Gasteiger partial charge in [-0.05, 0) is 6.42 Å². The minimum atomic E-state index is -0.155. The summed E-state index contributed by atoms with van der Waals surface area (Å²) in [7, 11) is 0. The molecule has 3 rings (SSSR count). The Hall–Kier alpha value is -0.656. The van der Waals surface area contributed by atoms with Crippen molar-refractivity contribution in [3.63, 3.8) is 0 Å². The molecule has 0 bridgehead atoms. The van der Waals surface area contributed by atoms with Crippen molar-refractivity contribution in [2.45, 2.75) is 26.2 Å². The third-order valence-corrected chi connectivity index (χ3v) is 4.35. The third-order valence-electron chi connectivity index (χ3n) is 4.35. The number of hydrogen-bond acceptors (Lipinski definition) is 0. The van der Waals surface area contributed by atoms with Crippen LogP contribution in [-0.4, -0.2) is 0 Å². The van der Waals surface area contributed by atoms with E-state index in [1.165, 1.54) is 16.7 Å². The molecule has 2 unspecified atom stereocenters. The quantitative estimate of drug-likeness (QED) is 0.671. The number of hydrogen-bond donors (Lipinski definition) is 0. The largest absolute Gasteiger partial charge is 0.329 e. The Bertz CT molecular complexity index is 621. The van der Waals surface area contributed by atoms with Crippen LogP contribution >= 0.6 is 0 Å². The van der Waals surface area contributed by atoms with Crippen LogP contribution in [0.4, 0.5) is 4.39 Å². The Morgan fingerprint density at radius 1 is 1.19 bits per heavy atom. The Morgan fingerprint density at radius 2 is 1.95 bits per heavy atom. The molecule has 107 valence electrons. The minimum absolute atomic E-state index is 0. The normalized spacial score (nSPS) is 17.6. The summed E-state index contributed by atoms with van der Waals surface area (Å²) in [6, 6.07) is 13.7. The molecule has 0 nitrogen and oxygen atoms in total. The van der Waals surface area contributed by atoms with Gasteiger partial charge >= 0.3 is 0 Å². The summed E-state index contributed by atoms with van der Waals surface area (Å²) in [4.78, 5) is 0. The van der Waals surface area contributed by atoms with Gasteiger partial charge in [-0.3, -0.25) is 0 Å². The van der Waals surface area contributed by atoms with E-state index in [-0.39, 0.29) is 38.5 Å². The van der Waals surface area contributed by atoms with Gasteiger partial charge in [-0.2, -0.15) is 24.8 Å². The monoisotopic (exact) mass is 355 g/mol. The molecule has 0 aromatic heterocycles. The molecular formula is C19H19FY-2. The first-order valence-corrected chi connectivity index (χ1v) is 7.19. The molecular weight excluding hydrogens is 336 g/mol. The summed E-state index contributed by atoms with van der Waals surface area (Å²) >= 11 is 0. The van der Waals surface area contributed by atoms with Gasteiger partial charge in [0.15, 0.2) is 0 Å². The first-order chi connectivity index (χ1) is 9.69. The summed E-state index contributed by atoms with van der Waals surface area (Å²) in [5.74, 6) is 0.599. The van der Waals surface area contributed by atoms with Crippen LogP contribution in [0.1, 0.15) is 42.0 Å². The molecule has 0 spiro atoms. The molecule has 2 atom stereocenters. The van der Waals surface area contributed by atoms with Gasteiger partial charge in [0, 0.05) is 32.7 Å². The fourth-order valence-corrected chi connectivity index (χ4v) is 3.03. The summed E-state index contributed by atoms with van der Waals surface area (Å²) < 4.78 is 13.5. The maximum Gasteiger partial charge on any atom is 0.0678 e. The van der Waals surface area contributed by atoms with Crippen LogP contribution in [-0.2, 0) is 39.1 Å². The van der Waals surface area contributed by atoms with Crippen LogP contribution < -0.4 is 0 Å². The van der Waals surface area contributed by atoms with E-state index in [1.807, 2.05) is 6.07 Å². The van der Waals surface area contributed by atoms with Crippen LogP contribution in [0.2, 0.25) is 0 Å². The summed E-state index contributed by atoms with van der Waals surface area (Å²) in [6.07, 6.45) is 5.34. The van der Waals surface area contributed by atoms with Gasteiger partial charge < -0.3 is 6.42 Å². The third kappa shape index (κ3) is 3.40. The van der Waals surface area contributed by atoms with E-state index in [0.29, 0.717) is 11.8 Å². The van der Waals surface area contributed by atoms with Crippen LogP contribution in [0.3, 0.4) is 0 Å². The number of benzene rings is 2. The van der Waals surface area contributed by atoms with Crippen LogP contribution in [0, 0.1) is 24.6 Å². The van der Waals surface area contributed by atoms with Gasteiger partial charge in [-0.25, -0.2) is 4.39 Å². The SMILES string of the molecule is C[CH-]C(C)C1[CH-]c2cc(F)ccc2Cc2ccccc21.[Y]. The van der Waals surface area contributed by atoms with Gasteiger partial charge in [0.2, 0.25) is 0 Å². The Morgan fingerprint density at radius 3 is 2.71 bits per heavy atom. The molecule has 0 N–H and O–H groups in total. The molecule has 0 heterocycles. The number of fused-ring (bicyclic) bond motifs is 2. The maximum absolute atomic E-state index is 13.5. The Kier molecular flexibility index (Phi) is 5.63. The summed E-state index contributed by atoms with van der Waals surface area (Å²) in [5.41, 5.74) is 4.98. The first kappa shape index (κ1) is 16.7. The molecule has 1 aliphatic rings. The minimum Gasteiger partial charge on any atom is -0.329 e. The van der Waals surface area contributed by atoms with Crippen molar-refractivity contribution in [3.05, 3.63) is 83.4 Å². The molecule has 1 radical (unpaired) electrons. The smallest absolute Gasteiger partial charge is 0.0678 e. The van der Waals surface area contributed by atoms with Gasteiger partial charge in [0.05, 0.1) is 5.82 Å². The van der Waals surface area contributed by atoms with Gasteiger partial charge in [-0.15, -0.1) is 17.7 Å². The van der Waals surface area contributed by atoms with Crippen LogP contribution in [0.15, 0.2) is 42.5 Å². The summed E-state index contributed by atoms with van der Waals surface area (Å²) in [5, 5.41) is 0. The van der Waals surface area contributed by atoms with Gasteiger partial charge in [0.25, 0.3) is 0 Å². The fourth-order valence-electron chi connectivity index (χ4n) is 3.03. The summed E-state index contributed by atoms with van der Waals surface area (Å²) in [6.45, 7) is 4.32. The average molecular weight is 355 g/mol. The van der Waals surface area contributed by atoms with Crippen molar-refractivity contribution < 1.29 is 37.1 Å². The van der Waals surface area contributed by atoms with Crippen molar-refractivity contribution in [2.24, 2.45) is 5.92 Å². The number of halogens is 1. The van der Waals surface area contributed by atoms with Crippen molar-refractivity contribution in [2.75, 3.05) is 0 Å². The van der Waals surface area contributed by atoms with E-state index in [2.05, 4.69) is 51.0 Å². The van der Waals surface area contributed by atoms with E-state index in [0.717, 1.165) is 12.0 Å². The van der Waals surface area contributed by atoms with E-state index < -0.39 is 0 Å². The molecule has 2 aromatic rings. The molecule has 0 saturated heterocycles. The molecule has 2 aromatic carbocycles. The van der Waals surface area contributed by atoms with Crippen molar-refractivity contribution in [1.82, 2.24) is 0 Å². The second kappa shape index (κ2) is 7.07. The molecule has 21 heavy (non-hydrogen) atoms. The number of rotatable bonds is 2. The zero-order chi connectivity index (χ0) is 14.1. The van der Waals surface area contributed by atoms with E-state index in [1.54, 1.807) is 12.1 Å². The molecule has 0 saturated carbocycles. The van der Waals surface area contributed by atoms with Crippen molar-refractivity contribution >= 4 is 0 Å². The van der Waals surface area contributed by atoms with Crippen LogP contribution in [0.25, 0.3) is 0 Å². The fraction of sp³-hybridized carbons (Fsp3) is 0.263. The second-order valence-corrected chi connectivity index (χ2v) is 5.60.